The van der Waals surface area contributed by atoms with E-state index in [4.69, 9.17) is 10.5 Å². The number of hydrogen-bond donors (Lipinski definition) is 2. The Balaban J connectivity index is 1.72. The molecule has 0 radical (unpaired) electrons. The number of alkyl halides is 3. The molecule has 3 aromatic heterocycles. The molecular weight excluding hydrogens is 408 g/mol. The van der Waals surface area contributed by atoms with Gasteiger partial charge in [-0.25, -0.2) is 14.4 Å². The van der Waals surface area contributed by atoms with E-state index in [0.717, 1.165) is 0 Å². The van der Waals surface area contributed by atoms with Gasteiger partial charge < -0.3 is 20.2 Å². The molecule has 7 nitrogen and oxygen atoms in total. The smallest absolute Gasteiger partial charge is 0.411 e. The van der Waals surface area contributed by atoms with Crippen LogP contribution in [0.25, 0.3) is 28.2 Å². The molecule has 3 N–H and O–H groups in total. The van der Waals surface area contributed by atoms with Crippen LogP contribution < -0.4 is 10.5 Å². The number of carbonyl (C=O) groups excluding carboxylic acids is 1. The number of hydrogen-bond acceptors (Lipinski definition) is 5. The summed E-state index contributed by atoms with van der Waals surface area (Å²) in [5.74, 6) is -1.74. The Bertz CT molecular complexity index is 1080. The largest absolute Gasteiger partial charge is 0.473 e. The molecule has 0 spiro atoms. The summed E-state index contributed by atoms with van der Waals surface area (Å²) in [4.78, 5) is 22.0. The van der Waals surface area contributed by atoms with E-state index >= 15 is 0 Å². The number of H-pyrrole nitrogens is 1. The molecular formula is C19H16F4N4O3. The van der Waals surface area contributed by atoms with E-state index in [0.29, 0.717) is 27.7 Å². The van der Waals surface area contributed by atoms with Crippen LogP contribution in [0.15, 0.2) is 36.8 Å². The number of pyridine rings is 2. The number of halogens is 4. The maximum Gasteiger partial charge on any atom is 0.411 e. The second-order valence-electron chi connectivity index (χ2n) is 6.13. The summed E-state index contributed by atoms with van der Waals surface area (Å²) in [6.45, 7) is -2.06. The van der Waals surface area contributed by atoms with Gasteiger partial charge >= 0.3 is 6.18 Å². The van der Waals surface area contributed by atoms with Crippen molar-refractivity contribution in [2.75, 3.05) is 19.8 Å². The number of ether oxygens (including phenoxy) is 2. The molecule has 0 aliphatic rings. The SMILES string of the molecule is NC(=O)/C=C/c1c[nH]c2ncc(-c3cnc(OCCOCC(F)(F)F)c(F)c3)cc12. The molecule has 0 unspecified atom stereocenters. The van der Waals surface area contributed by atoms with Crippen molar-refractivity contribution >= 4 is 23.0 Å². The van der Waals surface area contributed by atoms with Crippen molar-refractivity contribution in [3.8, 4) is 17.0 Å². The second kappa shape index (κ2) is 8.91. The van der Waals surface area contributed by atoms with Gasteiger partial charge in [0.25, 0.3) is 0 Å². The number of carbonyl (C=O) groups is 1. The van der Waals surface area contributed by atoms with E-state index in [1.807, 2.05) is 0 Å². The molecule has 1 amide bonds. The van der Waals surface area contributed by atoms with Gasteiger partial charge in [0.05, 0.1) is 6.61 Å². The molecule has 30 heavy (non-hydrogen) atoms. The summed E-state index contributed by atoms with van der Waals surface area (Å²) in [7, 11) is 0. The first-order valence-electron chi connectivity index (χ1n) is 8.61. The Hall–Kier alpha value is -3.47. The lowest BCUT2D eigenvalue weighted by atomic mass is 10.1. The first-order chi connectivity index (χ1) is 14.2. The molecule has 11 heteroatoms. The number of primary amides is 1. The second-order valence-corrected chi connectivity index (χ2v) is 6.13. The first-order valence-corrected chi connectivity index (χ1v) is 8.61. The zero-order valence-corrected chi connectivity index (χ0v) is 15.4. The highest BCUT2D eigenvalue weighted by molar-refractivity contribution is 5.95. The van der Waals surface area contributed by atoms with Gasteiger partial charge in [0.2, 0.25) is 11.8 Å². The zero-order chi connectivity index (χ0) is 21.7. The van der Waals surface area contributed by atoms with Crippen LogP contribution in [-0.2, 0) is 9.53 Å². The van der Waals surface area contributed by atoms with Crippen molar-refractivity contribution in [1.29, 1.82) is 0 Å². The third-order valence-electron chi connectivity index (χ3n) is 3.86. The topological polar surface area (TPSA) is 103 Å². The van der Waals surface area contributed by atoms with E-state index in [-0.39, 0.29) is 19.1 Å². The van der Waals surface area contributed by atoms with Gasteiger partial charge in [-0.05, 0) is 18.2 Å². The molecule has 0 fully saturated rings. The number of amides is 1. The number of rotatable bonds is 8. The Kier molecular flexibility index (Phi) is 6.31. The van der Waals surface area contributed by atoms with Crippen molar-refractivity contribution in [3.63, 3.8) is 0 Å². The third-order valence-corrected chi connectivity index (χ3v) is 3.86. The number of aromatic amines is 1. The highest BCUT2D eigenvalue weighted by atomic mass is 19.4. The van der Waals surface area contributed by atoms with Crippen molar-refractivity contribution in [1.82, 2.24) is 15.0 Å². The number of fused-ring (bicyclic) bond motifs is 1. The first kappa shape index (κ1) is 21.2. The zero-order valence-electron chi connectivity index (χ0n) is 15.4. The molecule has 0 aliphatic heterocycles. The predicted octanol–water partition coefficient (Wildman–Crippen LogP) is 3.22. The number of nitrogens with one attached hydrogen (secondary N) is 1. The summed E-state index contributed by atoms with van der Waals surface area (Å²) < 4.78 is 59.6. The molecule has 3 rings (SSSR count). The maximum atomic E-state index is 14.3. The Morgan fingerprint density at radius 2 is 1.90 bits per heavy atom. The molecule has 0 saturated carbocycles. The molecule has 3 aromatic rings. The molecule has 0 aromatic carbocycles. The van der Waals surface area contributed by atoms with Crippen LogP contribution in [0.3, 0.4) is 0 Å². The number of nitrogens with zero attached hydrogens (tertiary/aromatic N) is 2. The van der Waals surface area contributed by atoms with Crippen LogP contribution in [-0.4, -0.2) is 46.9 Å². The van der Waals surface area contributed by atoms with Gasteiger partial charge in [0.1, 0.15) is 18.9 Å². The van der Waals surface area contributed by atoms with E-state index in [1.165, 1.54) is 30.6 Å². The predicted molar refractivity (Wildman–Crippen MR) is 99.9 cm³/mol. The van der Waals surface area contributed by atoms with E-state index in [1.54, 1.807) is 12.3 Å². The van der Waals surface area contributed by atoms with E-state index < -0.39 is 24.5 Å². The van der Waals surface area contributed by atoms with Crippen molar-refractivity contribution < 1.29 is 31.8 Å². The molecule has 158 valence electrons. The van der Waals surface area contributed by atoms with Crippen LogP contribution in [0, 0.1) is 5.82 Å². The highest BCUT2D eigenvalue weighted by Crippen LogP contribution is 2.27. The quantitative estimate of drug-likeness (QED) is 0.328. The minimum atomic E-state index is -4.44. The van der Waals surface area contributed by atoms with Crippen LogP contribution >= 0.6 is 0 Å². The Labute approximate surface area is 167 Å². The van der Waals surface area contributed by atoms with Gasteiger partial charge in [-0.1, -0.05) is 0 Å². The van der Waals surface area contributed by atoms with Crippen molar-refractivity contribution in [2.24, 2.45) is 5.73 Å². The molecule has 0 aliphatic carbocycles. The summed E-state index contributed by atoms with van der Waals surface area (Å²) in [6, 6.07) is 2.91. The lowest BCUT2D eigenvalue weighted by Crippen LogP contribution is -2.19. The molecule has 0 saturated heterocycles. The van der Waals surface area contributed by atoms with Crippen LogP contribution in [0.4, 0.5) is 17.6 Å². The minimum absolute atomic E-state index is 0.286. The molecule has 3 heterocycles. The van der Waals surface area contributed by atoms with Gasteiger partial charge in [-0.2, -0.15) is 13.2 Å². The maximum absolute atomic E-state index is 14.3. The fraction of sp³-hybridized carbons (Fsp3) is 0.211. The van der Waals surface area contributed by atoms with E-state index in [2.05, 4.69) is 19.7 Å². The summed E-state index contributed by atoms with van der Waals surface area (Å²) in [5.41, 5.74) is 7.31. The minimum Gasteiger partial charge on any atom is -0.473 e. The average molecular weight is 424 g/mol. The lowest BCUT2D eigenvalue weighted by molar-refractivity contribution is -0.175. The third kappa shape index (κ3) is 5.54. The van der Waals surface area contributed by atoms with Crippen LogP contribution in [0.2, 0.25) is 0 Å². The van der Waals surface area contributed by atoms with Crippen LogP contribution in [0.1, 0.15) is 5.56 Å². The summed E-state index contributed by atoms with van der Waals surface area (Å²) in [6.07, 6.45) is 2.82. The number of nitrogens with two attached hydrogens (primary N) is 1. The van der Waals surface area contributed by atoms with Gasteiger partial charge in [-0.15, -0.1) is 0 Å². The highest BCUT2D eigenvalue weighted by Gasteiger charge is 2.27. The fourth-order valence-electron chi connectivity index (χ4n) is 2.57. The lowest BCUT2D eigenvalue weighted by Gasteiger charge is -2.09. The van der Waals surface area contributed by atoms with E-state index in [9.17, 15) is 22.4 Å². The fourth-order valence-corrected chi connectivity index (χ4v) is 2.57. The summed E-state index contributed by atoms with van der Waals surface area (Å²) >= 11 is 0. The summed E-state index contributed by atoms with van der Waals surface area (Å²) in [5, 5.41) is 0.688. The van der Waals surface area contributed by atoms with Crippen molar-refractivity contribution in [2.45, 2.75) is 6.18 Å². The Morgan fingerprint density at radius 1 is 1.17 bits per heavy atom. The van der Waals surface area contributed by atoms with Gasteiger partial charge in [0.15, 0.2) is 5.82 Å². The normalized spacial score (nSPS) is 12.0. The van der Waals surface area contributed by atoms with Crippen molar-refractivity contribution in [3.05, 3.63) is 48.2 Å². The molecule has 0 atom stereocenters. The monoisotopic (exact) mass is 424 g/mol. The van der Waals surface area contributed by atoms with Gasteiger partial charge in [0, 0.05) is 46.7 Å². The number of aromatic nitrogens is 3. The Morgan fingerprint density at radius 3 is 2.60 bits per heavy atom. The molecule has 0 bridgehead atoms. The standard InChI is InChI=1S/C19H16F4N4O3/c20-15-6-13(9-27-18(15)30-4-3-29-10-19(21,22)23)12-5-14-11(1-2-16(24)28)7-25-17(14)26-8-12/h1-2,5-9H,3-4,10H2,(H2,24,28)(H,25,26)/b2-1+. The van der Waals surface area contributed by atoms with Crippen LogP contribution in [0.5, 0.6) is 5.88 Å². The van der Waals surface area contributed by atoms with Gasteiger partial charge in [-0.3, -0.25) is 4.79 Å². The average Bonchev–Trinajstić information content (AvgIpc) is 3.08.